The van der Waals surface area contributed by atoms with Gasteiger partial charge in [0.05, 0.1) is 12.0 Å². The van der Waals surface area contributed by atoms with Gasteiger partial charge in [0, 0.05) is 19.2 Å². The van der Waals surface area contributed by atoms with Crippen molar-refractivity contribution in [3.8, 4) is 0 Å². The smallest absolute Gasteiger partial charge is 0.0946 e. The minimum absolute atomic E-state index is 0.309. The molecule has 1 aromatic heterocycles. The van der Waals surface area contributed by atoms with Crippen molar-refractivity contribution in [3.05, 3.63) is 126 Å². The van der Waals surface area contributed by atoms with Crippen LogP contribution in [-0.2, 0) is 7.05 Å². The third-order valence-electron chi connectivity index (χ3n) is 4.23. The molecule has 4 aromatic rings. The normalized spacial score (nSPS) is 10.3. The Morgan fingerprint density at radius 3 is 1.27 bits per heavy atom. The first-order valence-electron chi connectivity index (χ1n) is 8.83. The van der Waals surface area contributed by atoms with Crippen LogP contribution in [0.1, 0.15) is 28.3 Å². The van der Waals surface area contributed by atoms with Crippen LogP contribution in [0, 0.1) is 6.92 Å². The molecule has 0 saturated heterocycles. The Labute approximate surface area is 155 Å². The molecule has 0 amide bonds. The van der Waals surface area contributed by atoms with Gasteiger partial charge >= 0.3 is 0 Å². The van der Waals surface area contributed by atoms with Crippen molar-refractivity contribution < 1.29 is 0 Å². The Kier molecular flexibility index (Phi) is 6.00. The first-order valence-corrected chi connectivity index (χ1v) is 8.83. The van der Waals surface area contributed by atoms with Crippen LogP contribution in [0.3, 0.4) is 0 Å². The summed E-state index contributed by atoms with van der Waals surface area (Å²) in [6.45, 7) is 1.97. The molecule has 0 aliphatic carbocycles. The molecule has 0 aliphatic heterocycles. The van der Waals surface area contributed by atoms with E-state index in [0.717, 1.165) is 5.69 Å². The number of nitrogens with zero attached hydrogens (tertiary/aromatic N) is 2. The molecule has 3 aromatic carbocycles. The fourth-order valence-corrected chi connectivity index (χ4v) is 3.06. The molecule has 0 aliphatic rings. The highest BCUT2D eigenvalue weighted by Crippen LogP contribution is 2.31. The third-order valence-corrected chi connectivity index (χ3v) is 4.23. The highest BCUT2D eigenvalue weighted by molar-refractivity contribution is 5.42. The number of hydrogen-bond acceptors (Lipinski definition) is 1. The average molecular weight is 340 g/mol. The van der Waals surface area contributed by atoms with Crippen LogP contribution in [0.5, 0.6) is 0 Å². The zero-order valence-electron chi connectivity index (χ0n) is 15.3. The Balaban J connectivity index is 0.000000236. The molecule has 0 N–H and O–H groups in total. The first kappa shape index (κ1) is 17.7. The summed E-state index contributed by atoms with van der Waals surface area (Å²) in [5.74, 6) is 0.309. The van der Waals surface area contributed by atoms with Gasteiger partial charge in [-0.15, -0.1) is 0 Å². The molecule has 0 fully saturated rings. The van der Waals surface area contributed by atoms with Gasteiger partial charge in [-0.25, -0.2) is 4.98 Å². The van der Waals surface area contributed by atoms with Gasteiger partial charge in [0.1, 0.15) is 0 Å². The van der Waals surface area contributed by atoms with E-state index in [-0.39, 0.29) is 0 Å². The lowest BCUT2D eigenvalue weighted by molar-refractivity contribution is 0.913. The molecule has 130 valence electrons. The third kappa shape index (κ3) is 4.70. The Hall–Kier alpha value is -3.13. The Morgan fingerprint density at radius 1 is 0.654 bits per heavy atom. The number of aromatic nitrogens is 2. The van der Waals surface area contributed by atoms with Crippen molar-refractivity contribution in [1.29, 1.82) is 0 Å². The predicted octanol–water partition coefficient (Wildman–Crippen LogP) is 5.60. The molecule has 2 nitrogen and oxygen atoms in total. The van der Waals surface area contributed by atoms with Crippen molar-refractivity contribution in [1.82, 2.24) is 9.55 Å². The van der Waals surface area contributed by atoms with Gasteiger partial charge in [-0.05, 0) is 23.6 Å². The summed E-state index contributed by atoms with van der Waals surface area (Å²) >= 11 is 0. The fourth-order valence-electron chi connectivity index (χ4n) is 3.06. The van der Waals surface area contributed by atoms with Gasteiger partial charge in [-0.3, -0.25) is 0 Å². The lowest BCUT2D eigenvalue weighted by atomic mass is 9.85. The zero-order valence-corrected chi connectivity index (χ0v) is 15.3. The SMILES string of the molecule is Cc1cn(C)cn1.c1ccc(C(c2ccccc2)c2ccccc2)cc1. The van der Waals surface area contributed by atoms with Crippen LogP contribution in [0.15, 0.2) is 104 Å². The molecule has 0 atom stereocenters. The maximum atomic E-state index is 3.98. The van der Waals surface area contributed by atoms with E-state index in [9.17, 15) is 0 Å². The van der Waals surface area contributed by atoms with Crippen LogP contribution in [0.4, 0.5) is 0 Å². The molecule has 0 radical (unpaired) electrons. The van der Waals surface area contributed by atoms with Crippen molar-refractivity contribution in [3.63, 3.8) is 0 Å². The number of rotatable bonds is 3. The van der Waals surface area contributed by atoms with Crippen molar-refractivity contribution in [2.45, 2.75) is 12.8 Å². The topological polar surface area (TPSA) is 17.8 Å². The Bertz CT molecular complexity index is 786. The summed E-state index contributed by atoms with van der Waals surface area (Å²) < 4.78 is 1.93. The van der Waals surface area contributed by atoms with E-state index in [1.807, 2.05) is 24.7 Å². The number of benzene rings is 3. The van der Waals surface area contributed by atoms with Gasteiger partial charge in [0.15, 0.2) is 0 Å². The van der Waals surface area contributed by atoms with Crippen molar-refractivity contribution in [2.24, 2.45) is 7.05 Å². The summed E-state index contributed by atoms with van der Waals surface area (Å²) in [5.41, 5.74) is 5.07. The second kappa shape index (κ2) is 8.82. The molecular formula is C24H24N2. The zero-order chi connectivity index (χ0) is 18.2. The van der Waals surface area contributed by atoms with Crippen LogP contribution < -0.4 is 0 Å². The monoisotopic (exact) mass is 340 g/mol. The second-order valence-corrected chi connectivity index (χ2v) is 6.35. The highest BCUT2D eigenvalue weighted by Gasteiger charge is 2.15. The second-order valence-electron chi connectivity index (χ2n) is 6.35. The fraction of sp³-hybridized carbons (Fsp3) is 0.125. The van der Waals surface area contributed by atoms with Gasteiger partial charge in [-0.2, -0.15) is 0 Å². The van der Waals surface area contributed by atoms with Gasteiger partial charge in [-0.1, -0.05) is 91.0 Å². The van der Waals surface area contributed by atoms with Gasteiger partial charge < -0.3 is 4.57 Å². The van der Waals surface area contributed by atoms with Crippen LogP contribution in [0.25, 0.3) is 0 Å². The van der Waals surface area contributed by atoms with E-state index in [1.165, 1.54) is 16.7 Å². The molecule has 4 rings (SSSR count). The van der Waals surface area contributed by atoms with Crippen LogP contribution in [-0.4, -0.2) is 9.55 Å². The number of aryl methyl sites for hydroxylation is 2. The van der Waals surface area contributed by atoms with E-state index >= 15 is 0 Å². The molecule has 0 saturated carbocycles. The summed E-state index contributed by atoms with van der Waals surface area (Å²) in [6.07, 6.45) is 3.76. The minimum atomic E-state index is 0.309. The molecule has 0 bridgehead atoms. The molecule has 0 unspecified atom stereocenters. The van der Waals surface area contributed by atoms with Crippen molar-refractivity contribution >= 4 is 0 Å². The molecule has 26 heavy (non-hydrogen) atoms. The molecule has 0 spiro atoms. The first-order chi connectivity index (χ1) is 12.7. The summed E-state index contributed by atoms with van der Waals surface area (Å²) in [7, 11) is 1.96. The van der Waals surface area contributed by atoms with E-state index < -0.39 is 0 Å². The quantitative estimate of drug-likeness (QED) is 0.444. The van der Waals surface area contributed by atoms with Gasteiger partial charge in [0.2, 0.25) is 0 Å². The summed E-state index contributed by atoms with van der Waals surface area (Å²) in [4.78, 5) is 3.98. The highest BCUT2D eigenvalue weighted by atomic mass is 15.0. The maximum absolute atomic E-state index is 3.98. The van der Waals surface area contributed by atoms with Gasteiger partial charge in [0.25, 0.3) is 0 Å². The maximum Gasteiger partial charge on any atom is 0.0946 e. The molecule has 2 heteroatoms. The summed E-state index contributed by atoms with van der Waals surface area (Å²) in [6, 6.07) is 32.0. The Morgan fingerprint density at radius 2 is 1.04 bits per heavy atom. The van der Waals surface area contributed by atoms with Crippen molar-refractivity contribution in [2.75, 3.05) is 0 Å². The average Bonchev–Trinajstić information content (AvgIpc) is 3.08. The van der Waals surface area contributed by atoms with E-state index in [1.54, 1.807) is 6.33 Å². The van der Waals surface area contributed by atoms with E-state index in [0.29, 0.717) is 5.92 Å². The van der Waals surface area contributed by atoms with E-state index in [2.05, 4.69) is 96.0 Å². The molecular weight excluding hydrogens is 316 g/mol. The minimum Gasteiger partial charge on any atom is -0.340 e. The van der Waals surface area contributed by atoms with Crippen LogP contribution >= 0.6 is 0 Å². The lowest BCUT2D eigenvalue weighted by Gasteiger charge is -2.18. The summed E-state index contributed by atoms with van der Waals surface area (Å²) in [5, 5.41) is 0. The lowest BCUT2D eigenvalue weighted by Crippen LogP contribution is -2.02. The van der Waals surface area contributed by atoms with E-state index in [4.69, 9.17) is 0 Å². The number of imidazole rings is 1. The van der Waals surface area contributed by atoms with Crippen LogP contribution in [0.2, 0.25) is 0 Å². The standard InChI is InChI=1S/C19H16.C5H8N2/c1-4-10-16(11-5-1)19(17-12-6-2-7-13-17)18-14-8-3-9-15-18;1-5-3-7(2)4-6-5/h1-15,19H;3-4H,1-2H3. The predicted molar refractivity (Wildman–Crippen MR) is 108 cm³/mol. The largest absolute Gasteiger partial charge is 0.340 e. The molecule has 1 heterocycles. The number of hydrogen-bond donors (Lipinski definition) is 0.